The first-order valence-corrected chi connectivity index (χ1v) is 6.23. The molecule has 1 aromatic rings. The Hall–Kier alpha value is -0.900. The van der Waals surface area contributed by atoms with Crippen molar-refractivity contribution in [2.24, 2.45) is 0 Å². The Morgan fingerprint density at radius 3 is 2.88 bits per heavy atom. The first kappa shape index (κ1) is 11.6. The topological polar surface area (TPSA) is 20.3 Å². The maximum Gasteiger partial charge on any atom is 0.227 e. The highest BCUT2D eigenvalue weighted by Gasteiger charge is 2.24. The number of benzene rings is 1. The van der Waals surface area contributed by atoms with E-state index in [1.54, 1.807) is 23.1 Å². The molecule has 0 aromatic heterocycles. The van der Waals surface area contributed by atoms with Gasteiger partial charge in [0.1, 0.15) is 5.82 Å². The number of hydrogen-bond donors (Lipinski definition) is 0. The van der Waals surface area contributed by atoms with Gasteiger partial charge in [0.2, 0.25) is 5.91 Å². The average molecular weight is 286 g/mol. The van der Waals surface area contributed by atoms with Gasteiger partial charge in [0.05, 0.1) is 6.42 Å². The lowest BCUT2D eigenvalue weighted by Gasteiger charge is -2.15. The van der Waals surface area contributed by atoms with Gasteiger partial charge in [-0.15, -0.1) is 0 Å². The van der Waals surface area contributed by atoms with Crippen molar-refractivity contribution in [3.8, 4) is 0 Å². The molecule has 0 aliphatic carbocycles. The minimum atomic E-state index is -0.301. The fraction of sp³-hybridized carbons (Fsp3) is 0.417. The van der Waals surface area contributed by atoms with E-state index in [1.165, 1.54) is 6.07 Å². The van der Waals surface area contributed by atoms with Gasteiger partial charge >= 0.3 is 0 Å². The van der Waals surface area contributed by atoms with E-state index in [1.807, 2.05) is 0 Å². The second-order valence-electron chi connectivity index (χ2n) is 3.99. The molecule has 1 fully saturated rings. The third-order valence-electron chi connectivity index (χ3n) is 2.78. The summed E-state index contributed by atoms with van der Waals surface area (Å²) in [5.74, 6) is -0.294. The van der Waals surface area contributed by atoms with Crippen molar-refractivity contribution in [3.05, 3.63) is 35.6 Å². The minimum Gasteiger partial charge on any atom is -0.341 e. The van der Waals surface area contributed by atoms with Crippen molar-refractivity contribution in [2.45, 2.75) is 17.7 Å². The second kappa shape index (κ2) is 4.95. The molecule has 2 nitrogen and oxygen atoms in total. The summed E-state index contributed by atoms with van der Waals surface area (Å²) >= 11 is 3.48. The van der Waals surface area contributed by atoms with Gasteiger partial charge in [-0.05, 0) is 18.1 Å². The largest absolute Gasteiger partial charge is 0.341 e. The molecule has 0 spiro atoms. The van der Waals surface area contributed by atoms with Crippen molar-refractivity contribution in [1.29, 1.82) is 0 Å². The Labute approximate surface area is 103 Å². The molecule has 0 N–H and O–H groups in total. The Morgan fingerprint density at radius 2 is 2.25 bits per heavy atom. The summed E-state index contributed by atoms with van der Waals surface area (Å²) in [5, 5.41) is 0. The lowest BCUT2D eigenvalue weighted by Crippen LogP contribution is -2.30. The smallest absolute Gasteiger partial charge is 0.227 e. The number of hydrogen-bond acceptors (Lipinski definition) is 1. The fourth-order valence-electron chi connectivity index (χ4n) is 1.86. The predicted octanol–water partition coefficient (Wildman–Crippen LogP) is 2.36. The van der Waals surface area contributed by atoms with Crippen LogP contribution in [0.2, 0.25) is 0 Å². The van der Waals surface area contributed by atoms with Gasteiger partial charge in [0, 0.05) is 17.9 Å². The molecule has 1 amide bonds. The van der Waals surface area contributed by atoms with Gasteiger partial charge in [-0.25, -0.2) is 4.39 Å². The van der Waals surface area contributed by atoms with E-state index >= 15 is 0 Å². The molecule has 1 aliphatic heterocycles. The molecule has 1 aliphatic rings. The second-order valence-corrected chi connectivity index (χ2v) is 5.29. The van der Waals surface area contributed by atoms with Gasteiger partial charge in [-0.1, -0.05) is 34.1 Å². The molecule has 4 heteroatoms. The van der Waals surface area contributed by atoms with Gasteiger partial charge < -0.3 is 4.90 Å². The summed E-state index contributed by atoms with van der Waals surface area (Å²) in [6.07, 6.45) is 1.13. The molecule has 2 rings (SSSR count). The molecule has 0 bridgehead atoms. The molecular weight excluding hydrogens is 273 g/mol. The summed E-state index contributed by atoms with van der Waals surface area (Å²) < 4.78 is 13.3. The van der Waals surface area contributed by atoms with E-state index in [9.17, 15) is 9.18 Å². The fourth-order valence-corrected chi connectivity index (χ4v) is 2.41. The number of rotatable bonds is 2. The number of nitrogens with zero attached hydrogens (tertiary/aromatic N) is 1. The van der Waals surface area contributed by atoms with Crippen LogP contribution < -0.4 is 0 Å². The van der Waals surface area contributed by atoms with E-state index in [0.717, 1.165) is 19.5 Å². The van der Waals surface area contributed by atoms with Gasteiger partial charge in [-0.2, -0.15) is 0 Å². The number of likely N-dealkylation sites (tertiary alicyclic amines) is 1. The minimum absolute atomic E-state index is 0.00653. The highest BCUT2D eigenvalue weighted by atomic mass is 79.9. The quantitative estimate of drug-likeness (QED) is 0.764. The van der Waals surface area contributed by atoms with Gasteiger partial charge in [-0.3, -0.25) is 4.79 Å². The lowest BCUT2D eigenvalue weighted by atomic mass is 10.1. The molecule has 1 saturated heterocycles. The number of carbonyl (C=O) groups excluding carboxylic acids is 1. The zero-order valence-electron chi connectivity index (χ0n) is 8.83. The first-order chi connectivity index (χ1) is 7.66. The van der Waals surface area contributed by atoms with Crippen LogP contribution in [0.1, 0.15) is 12.0 Å². The highest BCUT2D eigenvalue weighted by Crippen LogP contribution is 2.18. The van der Waals surface area contributed by atoms with E-state index < -0.39 is 0 Å². The molecule has 0 saturated carbocycles. The molecular formula is C12H13BrFNO. The number of halogens is 2. The number of amides is 1. The summed E-state index contributed by atoms with van der Waals surface area (Å²) in [5.41, 5.74) is 0.477. The van der Waals surface area contributed by atoms with E-state index in [4.69, 9.17) is 0 Å². The monoisotopic (exact) mass is 285 g/mol. The maximum atomic E-state index is 13.3. The molecule has 16 heavy (non-hydrogen) atoms. The van der Waals surface area contributed by atoms with E-state index in [-0.39, 0.29) is 18.1 Å². The third-order valence-corrected chi connectivity index (χ3v) is 3.53. The van der Waals surface area contributed by atoms with Crippen LogP contribution in [-0.2, 0) is 11.2 Å². The van der Waals surface area contributed by atoms with Crippen LogP contribution in [-0.4, -0.2) is 28.7 Å². The van der Waals surface area contributed by atoms with Crippen molar-refractivity contribution in [2.75, 3.05) is 13.1 Å². The standard InChI is InChI=1S/C12H13BrFNO/c13-10-5-6-15(8-10)12(16)7-9-3-1-2-4-11(9)14/h1-4,10H,5-8H2. The first-order valence-electron chi connectivity index (χ1n) is 5.32. The normalized spacial score (nSPS) is 20.1. The zero-order chi connectivity index (χ0) is 11.5. The molecule has 86 valence electrons. The molecule has 1 unspecified atom stereocenters. The molecule has 1 heterocycles. The predicted molar refractivity (Wildman–Crippen MR) is 64.0 cm³/mol. The SMILES string of the molecule is O=C(Cc1ccccc1F)N1CCC(Br)C1. The number of alkyl halides is 1. The van der Waals surface area contributed by atoms with Crippen molar-refractivity contribution in [1.82, 2.24) is 4.90 Å². The average Bonchev–Trinajstić information content (AvgIpc) is 2.68. The van der Waals surface area contributed by atoms with Crippen LogP contribution in [0.3, 0.4) is 0 Å². The summed E-state index contributed by atoms with van der Waals surface area (Å²) in [6.45, 7) is 1.50. The summed E-state index contributed by atoms with van der Waals surface area (Å²) in [7, 11) is 0. The van der Waals surface area contributed by atoms with E-state index in [2.05, 4.69) is 15.9 Å². The van der Waals surface area contributed by atoms with Gasteiger partial charge in [0.15, 0.2) is 0 Å². The molecule has 1 atom stereocenters. The Kier molecular flexibility index (Phi) is 3.59. The third kappa shape index (κ3) is 2.61. The highest BCUT2D eigenvalue weighted by molar-refractivity contribution is 9.09. The number of carbonyl (C=O) groups is 1. The van der Waals surface area contributed by atoms with E-state index in [0.29, 0.717) is 10.4 Å². The van der Waals surface area contributed by atoms with Crippen LogP contribution in [0.15, 0.2) is 24.3 Å². The van der Waals surface area contributed by atoms with Crippen LogP contribution in [0, 0.1) is 5.82 Å². The van der Waals surface area contributed by atoms with Gasteiger partial charge in [0.25, 0.3) is 0 Å². The van der Waals surface area contributed by atoms with Crippen molar-refractivity contribution >= 4 is 21.8 Å². The van der Waals surface area contributed by atoms with Crippen molar-refractivity contribution in [3.63, 3.8) is 0 Å². The zero-order valence-corrected chi connectivity index (χ0v) is 10.4. The van der Waals surface area contributed by atoms with Crippen LogP contribution in [0.4, 0.5) is 4.39 Å². The molecule has 1 aromatic carbocycles. The van der Waals surface area contributed by atoms with Crippen LogP contribution >= 0.6 is 15.9 Å². The summed E-state index contributed by atoms with van der Waals surface area (Å²) in [6, 6.07) is 6.44. The Bertz CT molecular complexity index is 396. The molecule has 0 radical (unpaired) electrons. The maximum absolute atomic E-state index is 13.3. The Morgan fingerprint density at radius 1 is 1.50 bits per heavy atom. The van der Waals surface area contributed by atoms with Crippen molar-refractivity contribution < 1.29 is 9.18 Å². The summed E-state index contributed by atoms with van der Waals surface area (Å²) in [4.78, 5) is 14.0. The van der Waals surface area contributed by atoms with Crippen LogP contribution in [0.5, 0.6) is 0 Å². The lowest BCUT2D eigenvalue weighted by molar-refractivity contribution is -0.129. The van der Waals surface area contributed by atoms with Crippen LogP contribution in [0.25, 0.3) is 0 Å². The Balaban J connectivity index is 2.00.